The van der Waals surface area contributed by atoms with Gasteiger partial charge in [-0.1, -0.05) is 0 Å². The molecule has 0 amide bonds. The number of aliphatic hydroxyl groups excluding tert-OH is 1. The van der Waals surface area contributed by atoms with Gasteiger partial charge in [0.05, 0.1) is 19.3 Å². The van der Waals surface area contributed by atoms with Gasteiger partial charge < -0.3 is 14.7 Å². The number of pyridine rings is 1. The molecule has 0 unspecified atom stereocenters. The highest BCUT2D eigenvalue weighted by Gasteiger charge is 2.27. The molecule has 0 spiro atoms. The topological polar surface area (TPSA) is 83.0 Å². The lowest BCUT2D eigenvalue weighted by Crippen LogP contribution is -2.40. The standard InChI is InChI=1S/C14H21N3O4S/c18-12-3-5-16(6-4-12)14-2-1-13(11-15-14)22(19,20)17-7-9-21-10-8-17/h1-2,11-12,18H,3-10H2. The highest BCUT2D eigenvalue weighted by atomic mass is 32.2. The van der Waals surface area contributed by atoms with E-state index < -0.39 is 10.0 Å². The maximum absolute atomic E-state index is 12.5. The molecule has 1 aromatic rings. The summed E-state index contributed by atoms with van der Waals surface area (Å²) < 4.78 is 31.6. The molecule has 122 valence electrons. The molecule has 0 bridgehead atoms. The fourth-order valence-corrected chi connectivity index (χ4v) is 4.10. The van der Waals surface area contributed by atoms with Crippen LogP contribution in [0.3, 0.4) is 0 Å². The van der Waals surface area contributed by atoms with Gasteiger partial charge in [0.2, 0.25) is 10.0 Å². The maximum Gasteiger partial charge on any atom is 0.244 e. The number of ether oxygens (including phenoxy) is 1. The van der Waals surface area contributed by atoms with E-state index in [0.717, 1.165) is 31.7 Å². The van der Waals surface area contributed by atoms with Gasteiger partial charge in [-0.15, -0.1) is 0 Å². The van der Waals surface area contributed by atoms with E-state index in [1.807, 2.05) is 0 Å². The highest BCUT2D eigenvalue weighted by molar-refractivity contribution is 7.89. The van der Waals surface area contributed by atoms with Gasteiger partial charge >= 0.3 is 0 Å². The summed E-state index contributed by atoms with van der Waals surface area (Å²) in [6.07, 6.45) is 2.62. The van der Waals surface area contributed by atoms with Crippen molar-refractivity contribution in [3.05, 3.63) is 18.3 Å². The van der Waals surface area contributed by atoms with Crippen molar-refractivity contribution in [3.8, 4) is 0 Å². The van der Waals surface area contributed by atoms with E-state index in [9.17, 15) is 13.5 Å². The number of rotatable bonds is 3. The summed E-state index contributed by atoms with van der Waals surface area (Å²) in [5, 5.41) is 9.53. The van der Waals surface area contributed by atoms with E-state index in [1.54, 1.807) is 12.1 Å². The molecule has 0 radical (unpaired) electrons. The first-order valence-corrected chi connectivity index (χ1v) is 8.98. The van der Waals surface area contributed by atoms with Crippen LogP contribution in [0.1, 0.15) is 12.8 Å². The minimum absolute atomic E-state index is 0.218. The lowest BCUT2D eigenvalue weighted by Gasteiger charge is -2.30. The molecule has 22 heavy (non-hydrogen) atoms. The van der Waals surface area contributed by atoms with Crippen molar-refractivity contribution in [1.82, 2.24) is 9.29 Å². The number of piperidine rings is 1. The molecule has 1 N–H and O–H groups in total. The first kappa shape index (κ1) is 15.7. The van der Waals surface area contributed by atoms with Crippen LogP contribution < -0.4 is 4.90 Å². The Balaban J connectivity index is 1.73. The molecular formula is C14H21N3O4S. The van der Waals surface area contributed by atoms with Crippen molar-refractivity contribution < 1.29 is 18.3 Å². The average Bonchev–Trinajstić information content (AvgIpc) is 2.56. The Kier molecular flexibility index (Phi) is 4.62. The van der Waals surface area contributed by atoms with Crippen molar-refractivity contribution in [2.24, 2.45) is 0 Å². The fraction of sp³-hybridized carbons (Fsp3) is 0.643. The lowest BCUT2D eigenvalue weighted by atomic mass is 10.1. The average molecular weight is 327 g/mol. The smallest absolute Gasteiger partial charge is 0.244 e. The maximum atomic E-state index is 12.5. The first-order valence-electron chi connectivity index (χ1n) is 7.54. The van der Waals surface area contributed by atoms with Gasteiger partial charge in [-0.05, 0) is 25.0 Å². The first-order chi connectivity index (χ1) is 10.6. The quantitative estimate of drug-likeness (QED) is 0.845. The Morgan fingerprint density at radius 2 is 1.82 bits per heavy atom. The predicted octanol–water partition coefficient (Wildman–Crippen LogP) is 0.0636. The van der Waals surface area contributed by atoms with Gasteiger partial charge in [-0.2, -0.15) is 4.31 Å². The van der Waals surface area contributed by atoms with Crippen molar-refractivity contribution in [1.29, 1.82) is 0 Å². The van der Waals surface area contributed by atoms with Crippen molar-refractivity contribution in [2.75, 3.05) is 44.3 Å². The van der Waals surface area contributed by atoms with Crippen LogP contribution in [0.2, 0.25) is 0 Å². The van der Waals surface area contributed by atoms with Crippen LogP contribution in [0, 0.1) is 0 Å². The van der Waals surface area contributed by atoms with Crippen LogP contribution in [0.4, 0.5) is 5.82 Å². The number of nitrogens with zero attached hydrogens (tertiary/aromatic N) is 3. The van der Waals surface area contributed by atoms with Gasteiger partial charge in [0, 0.05) is 32.4 Å². The number of hydrogen-bond donors (Lipinski definition) is 1. The third-order valence-corrected chi connectivity index (χ3v) is 6.00. The molecule has 2 saturated heterocycles. The number of hydrogen-bond acceptors (Lipinski definition) is 6. The molecular weight excluding hydrogens is 306 g/mol. The van der Waals surface area contributed by atoms with E-state index in [4.69, 9.17) is 4.74 Å². The Morgan fingerprint density at radius 1 is 1.14 bits per heavy atom. The minimum Gasteiger partial charge on any atom is -0.393 e. The van der Waals surface area contributed by atoms with Crippen LogP contribution in [0.15, 0.2) is 23.2 Å². The van der Waals surface area contributed by atoms with Crippen molar-refractivity contribution in [3.63, 3.8) is 0 Å². The molecule has 0 saturated carbocycles. The normalized spacial score (nSPS) is 22.0. The molecule has 2 fully saturated rings. The molecule has 2 aliphatic rings. The molecule has 2 aliphatic heterocycles. The summed E-state index contributed by atoms with van der Waals surface area (Å²) >= 11 is 0. The minimum atomic E-state index is -3.49. The molecule has 0 aliphatic carbocycles. The second-order valence-electron chi connectivity index (χ2n) is 5.59. The van der Waals surface area contributed by atoms with Gasteiger partial charge in [0.1, 0.15) is 10.7 Å². The summed E-state index contributed by atoms with van der Waals surface area (Å²) in [5.74, 6) is 0.757. The van der Waals surface area contributed by atoms with Crippen LogP contribution in [0.25, 0.3) is 0 Å². The fourth-order valence-electron chi connectivity index (χ4n) is 2.74. The second-order valence-corrected chi connectivity index (χ2v) is 7.52. The summed E-state index contributed by atoms with van der Waals surface area (Å²) in [4.78, 5) is 6.58. The number of aliphatic hydroxyl groups is 1. The van der Waals surface area contributed by atoms with Gasteiger partial charge in [0.25, 0.3) is 0 Å². The Bertz CT molecular complexity index is 591. The third kappa shape index (κ3) is 3.24. The zero-order valence-corrected chi connectivity index (χ0v) is 13.2. The summed E-state index contributed by atoms with van der Waals surface area (Å²) in [7, 11) is -3.49. The van der Waals surface area contributed by atoms with Gasteiger partial charge in [-0.3, -0.25) is 0 Å². The van der Waals surface area contributed by atoms with Crippen LogP contribution in [0.5, 0.6) is 0 Å². The Labute approximate surface area is 130 Å². The molecule has 0 aromatic carbocycles. The summed E-state index contributed by atoms with van der Waals surface area (Å²) in [6.45, 7) is 3.11. The monoisotopic (exact) mass is 327 g/mol. The number of morpholine rings is 1. The van der Waals surface area contributed by atoms with Crippen molar-refractivity contribution in [2.45, 2.75) is 23.8 Å². The second kappa shape index (κ2) is 6.49. The SMILES string of the molecule is O=S(=O)(c1ccc(N2CCC(O)CC2)nc1)N1CCOCC1. The Morgan fingerprint density at radius 3 is 2.41 bits per heavy atom. The third-order valence-electron chi connectivity index (χ3n) is 4.12. The highest BCUT2D eigenvalue weighted by Crippen LogP contribution is 2.21. The Hall–Kier alpha value is -1.22. The van der Waals surface area contributed by atoms with Crippen molar-refractivity contribution >= 4 is 15.8 Å². The van der Waals surface area contributed by atoms with E-state index in [2.05, 4.69) is 9.88 Å². The van der Waals surface area contributed by atoms with Gasteiger partial charge in [0.15, 0.2) is 0 Å². The van der Waals surface area contributed by atoms with E-state index in [-0.39, 0.29) is 11.0 Å². The van der Waals surface area contributed by atoms with E-state index >= 15 is 0 Å². The van der Waals surface area contributed by atoms with E-state index in [0.29, 0.717) is 26.3 Å². The lowest BCUT2D eigenvalue weighted by molar-refractivity contribution is 0.0730. The zero-order chi connectivity index (χ0) is 15.6. The molecule has 3 heterocycles. The van der Waals surface area contributed by atoms with Crippen LogP contribution >= 0.6 is 0 Å². The molecule has 1 aromatic heterocycles. The molecule has 8 heteroatoms. The largest absolute Gasteiger partial charge is 0.393 e. The molecule has 7 nitrogen and oxygen atoms in total. The summed E-state index contributed by atoms with van der Waals surface area (Å²) in [5.41, 5.74) is 0. The number of anilines is 1. The molecule has 0 atom stereocenters. The van der Waals surface area contributed by atoms with Crippen LogP contribution in [-0.2, 0) is 14.8 Å². The van der Waals surface area contributed by atoms with E-state index in [1.165, 1.54) is 10.5 Å². The number of aromatic nitrogens is 1. The van der Waals surface area contributed by atoms with Crippen LogP contribution in [-0.4, -0.2) is 68.3 Å². The van der Waals surface area contributed by atoms with Gasteiger partial charge in [-0.25, -0.2) is 13.4 Å². The zero-order valence-electron chi connectivity index (χ0n) is 12.4. The number of sulfonamides is 1. The summed E-state index contributed by atoms with van der Waals surface area (Å²) in [6, 6.07) is 3.35. The molecule has 3 rings (SSSR count). The predicted molar refractivity (Wildman–Crippen MR) is 81.3 cm³/mol.